The molecule has 0 aromatic heterocycles. The molecule has 0 spiro atoms. The number of amides is 1. The van der Waals surface area contributed by atoms with Crippen molar-refractivity contribution in [1.82, 2.24) is 9.80 Å². The Morgan fingerprint density at radius 1 is 1.14 bits per heavy atom. The molecule has 0 saturated heterocycles. The fraction of sp³-hybridized carbons (Fsp3) is 0.941. The van der Waals surface area contributed by atoms with E-state index in [4.69, 9.17) is 5.73 Å². The van der Waals surface area contributed by atoms with Gasteiger partial charge in [-0.15, -0.1) is 0 Å². The minimum absolute atomic E-state index is 0.0676. The van der Waals surface area contributed by atoms with E-state index in [1.807, 2.05) is 0 Å². The van der Waals surface area contributed by atoms with Crippen molar-refractivity contribution < 1.29 is 4.79 Å². The van der Waals surface area contributed by atoms with Crippen LogP contribution in [0.15, 0.2) is 0 Å². The first-order valence-electron chi connectivity index (χ1n) is 8.65. The smallest absolute Gasteiger partial charge is 0.236 e. The predicted molar refractivity (Wildman–Crippen MR) is 89.2 cm³/mol. The van der Waals surface area contributed by atoms with Crippen LogP contribution in [-0.2, 0) is 4.79 Å². The number of carbonyl (C=O) groups excluding carboxylic acids is 1. The number of nitrogens with two attached hydrogens (primary N) is 1. The molecule has 4 nitrogen and oxygen atoms in total. The second-order valence-electron chi connectivity index (χ2n) is 7.14. The Balaban J connectivity index is 2.58. The van der Waals surface area contributed by atoms with E-state index in [0.29, 0.717) is 25.0 Å². The zero-order chi connectivity index (χ0) is 15.9. The van der Waals surface area contributed by atoms with Crippen LogP contribution in [0, 0.1) is 5.41 Å². The third kappa shape index (κ3) is 5.95. The van der Waals surface area contributed by atoms with Crippen molar-refractivity contribution in [2.75, 3.05) is 32.7 Å². The van der Waals surface area contributed by atoms with E-state index in [1.54, 1.807) is 0 Å². The molecule has 124 valence electrons. The van der Waals surface area contributed by atoms with E-state index in [-0.39, 0.29) is 5.41 Å². The molecule has 0 aromatic rings. The molecule has 2 N–H and O–H groups in total. The van der Waals surface area contributed by atoms with E-state index in [9.17, 15) is 4.79 Å². The van der Waals surface area contributed by atoms with Crippen LogP contribution in [0.5, 0.6) is 0 Å². The Hall–Kier alpha value is -0.610. The van der Waals surface area contributed by atoms with Gasteiger partial charge in [0.15, 0.2) is 0 Å². The first kappa shape index (κ1) is 18.4. The number of nitrogens with zero attached hydrogens (tertiary/aromatic N) is 2. The summed E-state index contributed by atoms with van der Waals surface area (Å²) >= 11 is 0. The normalized spacial score (nSPS) is 17.2. The molecular weight excluding hydrogens is 262 g/mol. The minimum atomic E-state index is 0.0676. The van der Waals surface area contributed by atoms with E-state index in [0.717, 1.165) is 19.6 Å². The minimum Gasteiger partial charge on any atom is -0.339 e. The number of carbonyl (C=O) groups is 1. The van der Waals surface area contributed by atoms with Crippen LogP contribution in [0.2, 0.25) is 0 Å². The van der Waals surface area contributed by atoms with E-state index in [2.05, 4.69) is 37.5 Å². The molecule has 1 aliphatic carbocycles. The lowest BCUT2D eigenvalue weighted by Crippen LogP contribution is -2.48. The van der Waals surface area contributed by atoms with Gasteiger partial charge in [-0.3, -0.25) is 9.69 Å². The van der Waals surface area contributed by atoms with Crippen molar-refractivity contribution in [2.24, 2.45) is 11.1 Å². The van der Waals surface area contributed by atoms with Gasteiger partial charge in [-0.05, 0) is 38.3 Å². The van der Waals surface area contributed by atoms with Crippen LogP contribution in [0.1, 0.15) is 59.8 Å². The molecule has 0 atom stereocenters. The highest BCUT2D eigenvalue weighted by Crippen LogP contribution is 2.23. The second-order valence-corrected chi connectivity index (χ2v) is 7.14. The molecule has 0 aromatic carbocycles. The summed E-state index contributed by atoms with van der Waals surface area (Å²) in [5.41, 5.74) is 5.89. The average Bonchev–Trinajstić information content (AvgIpc) is 2.48. The number of hydrogen-bond acceptors (Lipinski definition) is 3. The van der Waals surface area contributed by atoms with Gasteiger partial charge in [0.2, 0.25) is 5.91 Å². The molecule has 0 heterocycles. The standard InChI is InChI=1S/C17H35N3O/c1-5-19(14-17(3,4)13-18)12-16(21)20(6-2)15-10-8-7-9-11-15/h15H,5-14,18H2,1-4H3. The molecule has 21 heavy (non-hydrogen) atoms. The van der Waals surface area contributed by atoms with Crippen molar-refractivity contribution in [3.63, 3.8) is 0 Å². The quantitative estimate of drug-likeness (QED) is 0.749. The topological polar surface area (TPSA) is 49.6 Å². The molecule has 0 unspecified atom stereocenters. The van der Waals surface area contributed by atoms with Crippen LogP contribution < -0.4 is 5.73 Å². The van der Waals surface area contributed by atoms with E-state index >= 15 is 0 Å². The summed E-state index contributed by atoms with van der Waals surface area (Å²) in [6, 6.07) is 0.470. The highest BCUT2D eigenvalue weighted by Gasteiger charge is 2.26. The summed E-state index contributed by atoms with van der Waals surface area (Å²) in [5, 5.41) is 0. The predicted octanol–water partition coefficient (Wildman–Crippen LogP) is 2.47. The lowest BCUT2D eigenvalue weighted by Gasteiger charge is -2.36. The molecule has 4 heteroatoms. The maximum absolute atomic E-state index is 12.7. The Morgan fingerprint density at radius 2 is 1.76 bits per heavy atom. The first-order chi connectivity index (χ1) is 9.93. The largest absolute Gasteiger partial charge is 0.339 e. The lowest BCUT2D eigenvalue weighted by atomic mass is 9.92. The Labute approximate surface area is 131 Å². The molecule has 1 saturated carbocycles. The van der Waals surface area contributed by atoms with Crippen LogP contribution in [0.4, 0.5) is 0 Å². The monoisotopic (exact) mass is 297 g/mol. The molecule has 1 aliphatic rings. The molecule has 1 amide bonds. The highest BCUT2D eigenvalue weighted by molar-refractivity contribution is 5.78. The van der Waals surface area contributed by atoms with Gasteiger partial charge in [0.05, 0.1) is 6.54 Å². The van der Waals surface area contributed by atoms with Gasteiger partial charge in [0, 0.05) is 19.1 Å². The van der Waals surface area contributed by atoms with Gasteiger partial charge in [0.1, 0.15) is 0 Å². The van der Waals surface area contributed by atoms with Crippen molar-refractivity contribution in [1.29, 1.82) is 0 Å². The molecular formula is C17H35N3O. The Kier molecular flexibility index (Phi) is 7.67. The van der Waals surface area contributed by atoms with Crippen LogP contribution >= 0.6 is 0 Å². The Bertz CT molecular complexity index is 311. The zero-order valence-corrected chi connectivity index (χ0v) is 14.5. The number of hydrogen-bond donors (Lipinski definition) is 1. The zero-order valence-electron chi connectivity index (χ0n) is 14.5. The maximum Gasteiger partial charge on any atom is 0.236 e. The van der Waals surface area contributed by atoms with Crippen molar-refractivity contribution >= 4 is 5.91 Å². The summed E-state index contributed by atoms with van der Waals surface area (Å²) in [6.07, 6.45) is 6.23. The summed E-state index contributed by atoms with van der Waals surface area (Å²) in [7, 11) is 0. The highest BCUT2D eigenvalue weighted by atomic mass is 16.2. The van der Waals surface area contributed by atoms with Crippen LogP contribution in [0.3, 0.4) is 0 Å². The lowest BCUT2D eigenvalue weighted by molar-refractivity contribution is -0.135. The molecule has 0 aliphatic heterocycles. The van der Waals surface area contributed by atoms with Crippen LogP contribution in [-0.4, -0.2) is 54.5 Å². The fourth-order valence-electron chi connectivity index (χ4n) is 3.26. The summed E-state index contributed by atoms with van der Waals surface area (Å²) < 4.78 is 0. The van der Waals surface area contributed by atoms with Gasteiger partial charge < -0.3 is 10.6 Å². The summed E-state index contributed by atoms with van der Waals surface area (Å²) in [4.78, 5) is 17.0. The van der Waals surface area contributed by atoms with Crippen LogP contribution in [0.25, 0.3) is 0 Å². The maximum atomic E-state index is 12.7. The van der Waals surface area contributed by atoms with Gasteiger partial charge in [-0.1, -0.05) is 40.0 Å². The first-order valence-corrected chi connectivity index (χ1v) is 8.65. The van der Waals surface area contributed by atoms with Crippen molar-refractivity contribution in [2.45, 2.75) is 65.8 Å². The van der Waals surface area contributed by atoms with E-state index < -0.39 is 0 Å². The molecule has 0 radical (unpaired) electrons. The molecule has 1 fully saturated rings. The fourth-order valence-corrected chi connectivity index (χ4v) is 3.26. The van der Waals surface area contributed by atoms with Gasteiger partial charge in [-0.25, -0.2) is 0 Å². The average molecular weight is 297 g/mol. The number of likely N-dealkylation sites (N-methyl/N-ethyl adjacent to an activating group) is 2. The summed E-state index contributed by atoms with van der Waals surface area (Å²) in [5.74, 6) is 0.291. The van der Waals surface area contributed by atoms with Gasteiger partial charge in [-0.2, -0.15) is 0 Å². The molecule has 0 bridgehead atoms. The van der Waals surface area contributed by atoms with Crippen molar-refractivity contribution in [3.05, 3.63) is 0 Å². The third-order valence-electron chi connectivity index (χ3n) is 4.69. The van der Waals surface area contributed by atoms with Gasteiger partial charge in [0.25, 0.3) is 0 Å². The van der Waals surface area contributed by atoms with Crippen molar-refractivity contribution in [3.8, 4) is 0 Å². The third-order valence-corrected chi connectivity index (χ3v) is 4.69. The summed E-state index contributed by atoms with van der Waals surface area (Å²) in [6.45, 7) is 12.4. The number of rotatable bonds is 8. The van der Waals surface area contributed by atoms with E-state index in [1.165, 1.54) is 32.1 Å². The van der Waals surface area contributed by atoms with Gasteiger partial charge >= 0.3 is 0 Å². The Morgan fingerprint density at radius 3 is 2.24 bits per heavy atom. The molecule has 1 rings (SSSR count). The second kappa shape index (κ2) is 8.74. The SMILES string of the molecule is CCN(CC(=O)N(CC)C1CCCCC1)CC(C)(C)CN.